The highest BCUT2D eigenvalue weighted by atomic mass is 14.8. The lowest BCUT2D eigenvalue weighted by Gasteiger charge is -2.47. The van der Waals surface area contributed by atoms with Gasteiger partial charge in [0, 0.05) is 5.54 Å². The maximum absolute atomic E-state index is 7.01. The van der Waals surface area contributed by atoms with Crippen LogP contribution in [0.1, 0.15) is 89.9 Å². The summed E-state index contributed by atoms with van der Waals surface area (Å²) in [5.74, 6) is 2.80. The van der Waals surface area contributed by atoms with E-state index in [0.29, 0.717) is 0 Å². The summed E-state index contributed by atoms with van der Waals surface area (Å²) >= 11 is 0. The SMILES string of the molecule is NC1(CC2CCCC2)CCCCC1C1CCCCC1. The number of hydrogen-bond acceptors (Lipinski definition) is 1. The van der Waals surface area contributed by atoms with Crippen molar-refractivity contribution in [1.82, 2.24) is 0 Å². The molecule has 3 saturated carbocycles. The molecule has 2 N–H and O–H groups in total. The van der Waals surface area contributed by atoms with Gasteiger partial charge in [-0.2, -0.15) is 0 Å². The summed E-state index contributed by atoms with van der Waals surface area (Å²) in [7, 11) is 0. The summed E-state index contributed by atoms with van der Waals surface area (Å²) in [6.07, 6.45) is 20.2. The Kier molecular flexibility index (Phi) is 4.51. The van der Waals surface area contributed by atoms with Crippen LogP contribution in [0.15, 0.2) is 0 Å². The lowest BCUT2D eigenvalue weighted by Crippen LogP contribution is -2.53. The highest BCUT2D eigenvalue weighted by Gasteiger charge is 2.42. The fourth-order valence-electron chi connectivity index (χ4n) is 5.54. The monoisotopic (exact) mass is 263 g/mol. The second-order valence-corrected chi connectivity index (χ2v) is 7.84. The normalized spacial score (nSPS) is 38.7. The van der Waals surface area contributed by atoms with Crippen LogP contribution in [0.4, 0.5) is 0 Å². The van der Waals surface area contributed by atoms with Crippen molar-refractivity contribution in [2.45, 2.75) is 95.4 Å². The van der Waals surface area contributed by atoms with E-state index in [4.69, 9.17) is 5.73 Å². The first-order chi connectivity index (χ1) is 9.28. The Morgan fingerprint density at radius 2 is 1.37 bits per heavy atom. The van der Waals surface area contributed by atoms with Gasteiger partial charge in [-0.3, -0.25) is 0 Å². The average Bonchev–Trinajstić information content (AvgIpc) is 2.92. The third-order valence-corrected chi connectivity index (χ3v) is 6.51. The maximum atomic E-state index is 7.01. The lowest BCUT2D eigenvalue weighted by atomic mass is 9.61. The van der Waals surface area contributed by atoms with Crippen molar-refractivity contribution in [2.75, 3.05) is 0 Å². The summed E-state index contributed by atoms with van der Waals surface area (Å²) in [5.41, 5.74) is 7.23. The highest BCUT2D eigenvalue weighted by Crippen LogP contribution is 2.46. The molecule has 1 nitrogen and oxygen atoms in total. The van der Waals surface area contributed by atoms with Crippen LogP contribution < -0.4 is 5.73 Å². The topological polar surface area (TPSA) is 26.0 Å². The van der Waals surface area contributed by atoms with Crippen LogP contribution in [0.3, 0.4) is 0 Å². The Balaban J connectivity index is 1.67. The van der Waals surface area contributed by atoms with E-state index >= 15 is 0 Å². The van der Waals surface area contributed by atoms with Gasteiger partial charge in [-0.25, -0.2) is 0 Å². The second kappa shape index (κ2) is 6.16. The molecule has 110 valence electrons. The van der Waals surface area contributed by atoms with Crippen LogP contribution in [0.5, 0.6) is 0 Å². The molecule has 0 aliphatic heterocycles. The minimum atomic E-state index is 0.218. The fraction of sp³-hybridized carbons (Fsp3) is 1.00. The molecule has 3 aliphatic carbocycles. The molecule has 0 saturated heterocycles. The quantitative estimate of drug-likeness (QED) is 0.759. The highest BCUT2D eigenvalue weighted by molar-refractivity contribution is 4.99. The first-order valence-corrected chi connectivity index (χ1v) is 9.07. The van der Waals surface area contributed by atoms with E-state index in [1.54, 1.807) is 0 Å². The molecule has 2 atom stereocenters. The van der Waals surface area contributed by atoms with Crippen molar-refractivity contribution >= 4 is 0 Å². The van der Waals surface area contributed by atoms with Gasteiger partial charge in [-0.1, -0.05) is 70.6 Å². The molecule has 0 heterocycles. The number of rotatable bonds is 3. The zero-order valence-corrected chi connectivity index (χ0v) is 12.7. The van der Waals surface area contributed by atoms with Crippen LogP contribution in [-0.2, 0) is 0 Å². The maximum Gasteiger partial charge on any atom is 0.0188 e. The lowest BCUT2D eigenvalue weighted by molar-refractivity contribution is 0.0801. The molecule has 3 aliphatic rings. The van der Waals surface area contributed by atoms with Gasteiger partial charge in [0.05, 0.1) is 0 Å². The molecule has 2 unspecified atom stereocenters. The van der Waals surface area contributed by atoms with E-state index in [0.717, 1.165) is 17.8 Å². The second-order valence-electron chi connectivity index (χ2n) is 7.84. The van der Waals surface area contributed by atoms with Gasteiger partial charge in [0.2, 0.25) is 0 Å². The predicted molar refractivity (Wildman–Crippen MR) is 82.0 cm³/mol. The van der Waals surface area contributed by atoms with E-state index in [9.17, 15) is 0 Å². The molecule has 3 fully saturated rings. The molecule has 19 heavy (non-hydrogen) atoms. The molecule has 0 aromatic carbocycles. The molecule has 1 heteroatoms. The Morgan fingerprint density at radius 1 is 0.737 bits per heavy atom. The standard InChI is InChI=1S/C18H33N/c19-18(14-15-8-4-5-9-15)13-7-6-12-17(18)16-10-2-1-3-11-16/h15-17H,1-14,19H2. The van der Waals surface area contributed by atoms with Gasteiger partial charge in [0.15, 0.2) is 0 Å². The minimum absolute atomic E-state index is 0.218. The molecule has 3 rings (SSSR count). The Morgan fingerprint density at radius 3 is 2.11 bits per heavy atom. The third kappa shape index (κ3) is 3.17. The summed E-state index contributed by atoms with van der Waals surface area (Å²) in [4.78, 5) is 0. The Hall–Kier alpha value is -0.0400. The molecular weight excluding hydrogens is 230 g/mol. The van der Waals surface area contributed by atoms with Crippen molar-refractivity contribution in [3.05, 3.63) is 0 Å². The van der Waals surface area contributed by atoms with Crippen LogP contribution in [0.25, 0.3) is 0 Å². The summed E-state index contributed by atoms with van der Waals surface area (Å²) in [5, 5.41) is 0. The van der Waals surface area contributed by atoms with Crippen LogP contribution in [-0.4, -0.2) is 5.54 Å². The van der Waals surface area contributed by atoms with Crippen molar-refractivity contribution in [3.63, 3.8) is 0 Å². The molecule has 0 aromatic rings. The van der Waals surface area contributed by atoms with Gasteiger partial charge >= 0.3 is 0 Å². The largest absolute Gasteiger partial charge is 0.325 e. The minimum Gasteiger partial charge on any atom is -0.325 e. The Labute approximate surface area is 119 Å². The molecule has 0 amide bonds. The number of nitrogens with two attached hydrogens (primary N) is 1. The Bertz CT molecular complexity index is 275. The molecular formula is C18H33N. The fourth-order valence-corrected chi connectivity index (χ4v) is 5.54. The summed E-state index contributed by atoms with van der Waals surface area (Å²) in [6, 6.07) is 0. The molecule has 0 aromatic heterocycles. The van der Waals surface area contributed by atoms with Gasteiger partial charge in [0.25, 0.3) is 0 Å². The van der Waals surface area contributed by atoms with Gasteiger partial charge in [-0.15, -0.1) is 0 Å². The van der Waals surface area contributed by atoms with E-state index < -0.39 is 0 Å². The van der Waals surface area contributed by atoms with Gasteiger partial charge < -0.3 is 5.73 Å². The van der Waals surface area contributed by atoms with Crippen molar-refractivity contribution in [3.8, 4) is 0 Å². The van der Waals surface area contributed by atoms with E-state index in [2.05, 4.69) is 0 Å². The van der Waals surface area contributed by atoms with Crippen molar-refractivity contribution in [2.24, 2.45) is 23.5 Å². The third-order valence-electron chi connectivity index (χ3n) is 6.51. The van der Waals surface area contributed by atoms with Gasteiger partial charge in [0.1, 0.15) is 0 Å². The zero-order chi connectivity index (χ0) is 13.1. The summed E-state index contributed by atoms with van der Waals surface area (Å²) in [6.45, 7) is 0. The van der Waals surface area contributed by atoms with Crippen molar-refractivity contribution < 1.29 is 0 Å². The van der Waals surface area contributed by atoms with Crippen LogP contribution >= 0.6 is 0 Å². The average molecular weight is 263 g/mol. The predicted octanol–water partition coefficient (Wildman–Crippen LogP) is 5.03. The van der Waals surface area contributed by atoms with Crippen LogP contribution in [0, 0.1) is 17.8 Å². The van der Waals surface area contributed by atoms with Crippen LogP contribution in [0.2, 0.25) is 0 Å². The zero-order valence-electron chi connectivity index (χ0n) is 12.7. The summed E-state index contributed by atoms with van der Waals surface area (Å²) < 4.78 is 0. The molecule has 0 bridgehead atoms. The van der Waals surface area contributed by atoms with Crippen molar-refractivity contribution in [1.29, 1.82) is 0 Å². The molecule has 0 spiro atoms. The van der Waals surface area contributed by atoms with Gasteiger partial charge in [-0.05, 0) is 37.0 Å². The first-order valence-electron chi connectivity index (χ1n) is 9.07. The van der Waals surface area contributed by atoms with E-state index in [1.807, 2.05) is 0 Å². The smallest absolute Gasteiger partial charge is 0.0188 e. The molecule has 0 radical (unpaired) electrons. The van der Waals surface area contributed by atoms with E-state index in [-0.39, 0.29) is 5.54 Å². The van der Waals surface area contributed by atoms with E-state index in [1.165, 1.54) is 89.9 Å². The first kappa shape index (κ1) is 13.9. The number of hydrogen-bond donors (Lipinski definition) is 1.